The van der Waals surface area contributed by atoms with Gasteiger partial charge in [0.2, 0.25) is 0 Å². The molecule has 1 aliphatic rings. The second-order valence-electron chi connectivity index (χ2n) is 8.42. The van der Waals surface area contributed by atoms with Gasteiger partial charge in [0.05, 0.1) is 6.04 Å². The van der Waals surface area contributed by atoms with Gasteiger partial charge < -0.3 is 14.2 Å². The molecule has 0 radical (unpaired) electrons. The van der Waals surface area contributed by atoms with Crippen LogP contribution in [0.25, 0.3) is 11.1 Å². The lowest BCUT2D eigenvalue weighted by atomic mass is 9.94. The summed E-state index contributed by atoms with van der Waals surface area (Å²) in [6.45, 7) is 10.9. The van der Waals surface area contributed by atoms with E-state index in [1.165, 1.54) is 0 Å². The fourth-order valence-electron chi connectivity index (χ4n) is 3.91. The third-order valence-corrected chi connectivity index (χ3v) is 6.08. The zero-order valence-corrected chi connectivity index (χ0v) is 18.1. The molecule has 1 aromatic carbocycles. The van der Waals surface area contributed by atoms with Gasteiger partial charge in [0.15, 0.2) is 0 Å². The van der Waals surface area contributed by atoms with Crippen LogP contribution in [0, 0.1) is 0 Å². The molecule has 1 fully saturated rings. The van der Waals surface area contributed by atoms with Crippen molar-refractivity contribution in [2.24, 2.45) is 0 Å². The van der Waals surface area contributed by atoms with Crippen LogP contribution in [0.5, 0.6) is 0 Å². The number of hydrogen-bond donors (Lipinski definition) is 0. The number of benzene rings is 1. The molecule has 0 saturated carbocycles. The van der Waals surface area contributed by atoms with Crippen LogP contribution in [-0.2, 0) is 4.74 Å². The Morgan fingerprint density at radius 3 is 2.24 bits per heavy atom. The van der Waals surface area contributed by atoms with Gasteiger partial charge in [0.1, 0.15) is 5.60 Å². The highest BCUT2D eigenvalue weighted by molar-refractivity contribution is 5.70. The minimum Gasteiger partial charge on any atom is -0.443 e. The van der Waals surface area contributed by atoms with E-state index in [1.807, 2.05) is 37.9 Å². The van der Waals surface area contributed by atoms with E-state index in [4.69, 9.17) is 4.74 Å². The van der Waals surface area contributed by atoms with Crippen molar-refractivity contribution in [3.8, 4) is 11.1 Å². The Bertz CT molecular complexity index is 916. The number of ether oxygens (including phenoxy) is 1. The molecule has 1 aliphatic heterocycles. The number of pyridine rings is 1. The van der Waals surface area contributed by atoms with Crippen molar-refractivity contribution in [3.63, 3.8) is 0 Å². The Labute approximate surface area is 173 Å². The average molecular weight is 397 g/mol. The number of cyclic esters (lactones) is 1. The topological polar surface area (TPSA) is 51.5 Å². The first-order valence-corrected chi connectivity index (χ1v) is 10.6. The van der Waals surface area contributed by atoms with Crippen LogP contribution in [0.2, 0.25) is 0 Å². The molecule has 0 bridgehead atoms. The van der Waals surface area contributed by atoms with E-state index in [2.05, 4.69) is 38.1 Å². The lowest BCUT2D eigenvalue weighted by Crippen LogP contribution is -2.48. The van der Waals surface area contributed by atoms with Gasteiger partial charge in [-0.1, -0.05) is 38.1 Å². The lowest BCUT2D eigenvalue weighted by Gasteiger charge is -2.41. The van der Waals surface area contributed by atoms with E-state index in [0.717, 1.165) is 36.0 Å². The number of carbonyl (C=O) groups is 1. The Balaban J connectivity index is 1.83. The average Bonchev–Trinajstić information content (AvgIpc) is 2.71. The predicted octanol–water partition coefficient (Wildman–Crippen LogP) is 5.56. The second-order valence-corrected chi connectivity index (χ2v) is 8.42. The molecule has 1 aromatic heterocycles. The van der Waals surface area contributed by atoms with Gasteiger partial charge in [-0.05, 0) is 56.4 Å². The van der Waals surface area contributed by atoms with E-state index in [9.17, 15) is 9.59 Å². The third kappa shape index (κ3) is 4.39. The minimum atomic E-state index is -0.352. The number of nitrogens with zero attached hydrogens (tertiary/aromatic N) is 2. The quantitative estimate of drug-likeness (QED) is 0.642. The summed E-state index contributed by atoms with van der Waals surface area (Å²) in [7, 11) is 0. The molecule has 0 unspecified atom stereocenters. The lowest BCUT2D eigenvalue weighted by molar-refractivity contribution is -0.0490. The Morgan fingerprint density at radius 1 is 1.03 bits per heavy atom. The molecule has 2 heterocycles. The van der Waals surface area contributed by atoms with Gasteiger partial charge >= 0.3 is 6.09 Å². The standard InChI is InChI=1S/C24H32N2O3/c1-6-21(25-15-14-24(5,7-2)29-23(25)28)19-10-8-18(9-11-19)20-12-13-22(27)26(16-20)17(3)4/h8-13,16-17,21H,6-7,14-15H2,1-5H3/t21-,24+/m0/s1. The van der Waals surface area contributed by atoms with Gasteiger partial charge in [-0.25, -0.2) is 4.79 Å². The summed E-state index contributed by atoms with van der Waals surface area (Å²) in [6, 6.07) is 11.9. The number of carbonyl (C=O) groups excluding carboxylic acids is 1. The second kappa shape index (κ2) is 8.44. The van der Waals surface area contributed by atoms with Crippen LogP contribution < -0.4 is 5.56 Å². The van der Waals surface area contributed by atoms with E-state index in [1.54, 1.807) is 10.6 Å². The van der Waals surface area contributed by atoms with Gasteiger partial charge in [0, 0.05) is 31.3 Å². The highest BCUT2D eigenvalue weighted by Gasteiger charge is 2.38. The maximum atomic E-state index is 12.6. The SMILES string of the molecule is CC[C@@H](c1ccc(-c2ccc(=O)n(C(C)C)c2)cc1)N1CC[C@@](C)(CC)OC1=O. The summed E-state index contributed by atoms with van der Waals surface area (Å²) in [5, 5.41) is 0. The Morgan fingerprint density at radius 2 is 1.69 bits per heavy atom. The van der Waals surface area contributed by atoms with Crippen LogP contribution in [0.3, 0.4) is 0 Å². The molecule has 5 nitrogen and oxygen atoms in total. The zero-order chi connectivity index (χ0) is 21.2. The summed E-state index contributed by atoms with van der Waals surface area (Å²) in [4.78, 5) is 26.5. The van der Waals surface area contributed by atoms with E-state index < -0.39 is 0 Å². The Hall–Kier alpha value is -2.56. The molecule has 2 aromatic rings. The monoisotopic (exact) mass is 396 g/mol. The zero-order valence-electron chi connectivity index (χ0n) is 18.1. The van der Waals surface area contributed by atoms with E-state index >= 15 is 0 Å². The number of aromatic nitrogens is 1. The van der Waals surface area contributed by atoms with E-state index in [-0.39, 0.29) is 29.3 Å². The van der Waals surface area contributed by atoms with Crippen molar-refractivity contribution >= 4 is 6.09 Å². The first-order chi connectivity index (χ1) is 13.8. The van der Waals surface area contributed by atoms with Crippen LogP contribution in [0.1, 0.15) is 71.5 Å². The van der Waals surface area contributed by atoms with Crippen molar-refractivity contribution in [1.82, 2.24) is 9.47 Å². The Kier molecular flexibility index (Phi) is 6.15. The molecule has 5 heteroatoms. The first kappa shape index (κ1) is 21.2. The highest BCUT2D eigenvalue weighted by atomic mass is 16.6. The minimum absolute atomic E-state index is 0.00238. The molecule has 156 valence electrons. The molecule has 0 N–H and O–H groups in total. The summed E-state index contributed by atoms with van der Waals surface area (Å²) in [5.41, 5.74) is 2.82. The first-order valence-electron chi connectivity index (χ1n) is 10.6. The number of amides is 1. The normalized spacial score (nSPS) is 20.6. The van der Waals surface area contributed by atoms with Crippen LogP contribution >= 0.6 is 0 Å². The summed E-state index contributed by atoms with van der Waals surface area (Å²) >= 11 is 0. The molecule has 0 aliphatic carbocycles. The van der Waals surface area contributed by atoms with Crippen molar-refractivity contribution < 1.29 is 9.53 Å². The van der Waals surface area contributed by atoms with Crippen LogP contribution in [0.15, 0.2) is 47.4 Å². The summed E-state index contributed by atoms with van der Waals surface area (Å²) < 4.78 is 7.48. The molecular formula is C24H32N2O3. The molecule has 2 atom stereocenters. The molecule has 1 amide bonds. The van der Waals surface area contributed by atoms with Crippen molar-refractivity contribution in [3.05, 3.63) is 58.5 Å². The largest absolute Gasteiger partial charge is 0.443 e. The van der Waals surface area contributed by atoms with Crippen LogP contribution in [0.4, 0.5) is 4.79 Å². The number of rotatable bonds is 6. The van der Waals surface area contributed by atoms with Gasteiger partial charge in [-0.2, -0.15) is 0 Å². The van der Waals surface area contributed by atoms with Crippen LogP contribution in [-0.4, -0.2) is 27.7 Å². The summed E-state index contributed by atoms with van der Waals surface area (Å²) in [6.07, 6.45) is 4.19. The fourth-order valence-corrected chi connectivity index (χ4v) is 3.91. The van der Waals surface area contributed by atoms with Gasteiger partial charge in [0.25, 0.3) is 5.56 Å². The van der Waals surface area contributed by atoms with E-state index in [0.29, 0.717) is 6.54 Å². The molecular weight excluding hydrogens is 364 g/mol. The fraction of sp³-hybridized carbons (Fsp3) is 0.500. The smallest absolute Gasteiger partial charge is 0.410 e. The maximum absolute atomic E-state index is 12.6. The molecule has 29 heavy (non-hydrogen) atoms. The van der Waals surface area contributed by atoms with Crippen molar-refractivity contribution in [2.45, 2.75) is 71.6 Å². The van der Waals surface area contributed by atoms with Crippen molar-refractivity contribution in [1.29, 1.82) is 0 Å². The molecule has 3 rings (SSSR count). The molecule has 1 saturated heterocycles. The predicted molar refractivity (Wildman–Crippen MR) is 116 cm³/mol. The van der Waals surface area contributed by atoms with Gasteiger partial charge in [-0.3, -0.25) is 4.79 Å². The number of hydrogen-bond acceptors (Lipinski definition) is 3. The van der Waals surface area contributed by atoms with Gasteiger partial charge in [-0.15, -0.1) is 0 Å². The molecule has 0 spiro atoms. The highest BCUT2D eigenvalue weighted by Crippen LogP contribution is 2.34. The maximum Gasteiger partial charge on any atom is 0.410 e. The van der Waals surface area contributed by atoms with Crippen molar-refractivity contribution in [2.75, 3.05) is 6.54 Å². The summed E-state index contributed by atoms with van der Waals surface area (Å²) in [5.74, 6) is 0. The third-order valence-electron chi connectivity index (χ3n) is 6.08.